The number of carbonyl (C=O) groups is 2. The summed E-state index contributed by atoms with van der Waals surface area (Å²) in [5, 5.41) is 2.90. The molecule has 0 saturated carbocycles. The van der Waals surface area contributed by atoms with E-state index in [0.717, 1.165) is 25.5 Å². The van der Waals surface area contributed by atoms with Crippen LogP contribution in [0.5, 0.6) is 0 Å². The molecular formula is C10H20N2O2. The van der Waals surface area contributed by atoms with Gasteiger partial charge in [-0.25, -0.2) is 0 Å². The number of amides is 1. The fourth-order valence-corrected chi connectivity index (χ4v) is 1.57. The highest BCUT2D eigenvalue weighted by molar-refractivity contribution is 5.80. The van der Waals surface area contributed by atoms with Gasteiger partial charge in [-0.3, -0.25) is 4.79 Å². The van der Waals surface area contributed by atoms with Gasteiger partial charge in [0, 0.05) is 6.42 Å². The predicted octanol–water partition coefficient (Wildman–Crippen LogP) is 0.455. The summed E-state index contributed by atoms with van der Waals surface area (Å²) in [6, 6.07) is -0.258. The molecule has 0 aromatic carbocycles. The lowest BCUT2D eigenvalue weighted by molar-refractivity contribution is -0.121. The molecule has 0 aliphatic carbocycles. The summed E-state index contributed by atoms with van der Waals surface area (Å²) in [5.41, 5.74) is 5.22. The number of nitrogens with one attached hydrogen (secondary N) is 1. The van der Waals surface area contributed by atoms with Crippen LogP contribution in [0.2, 0.25) is 0 Å². The molecule has 3 N–H and O–H groups in total. The summed E-state index contributed by atoms with van der Waals surface area (Å²) >= 11 is 0. The maximum atomic E-state index is 11.0. The molecule has 0 rings (SSSR count). The average Bonchev–Trinajstić information content (AvgIpc) is 2.13. The van der Waals surface area contributed by atoms with Crippen molar-refractivity contribution in [3.8, 4) is 0 Å². The van der Waals surface area contributed by atoms with Crippen LogP contribution in [-0.4, -0.2) is 25.3 Å². The van der Waals surface area contributed by atoms with Crippen LogP contribution >= 0.6 is 0 Å². The van der Waals surface area contributed by atoms with Crippen LogP contribution in [0, 0.1) is 5.92 Å². The van der Waals surface area contributed by atoms with Gasteiger partial charge in [-0.1, -0.05) is 13.3 Å². The zero-order valence-corrected chi connectivity index (χ0v) is 8.95. The van der Waals surface area contributed by atoms with Crippen LogP contribution in [0.15, 0.2) is 0 Å². The summed E-state index contributed by atoms with van der Waals surface area (Å²) in [4.78, 5) is 21.0. The van der Waals surface area contributed by atoms with Crippen molar-refractivity contribution in [2.24, 2.45) is 11.7 Å². The van der Waals surface area contributed by atoms with Crippen LogP contribution in [0.3, 0.4) is 0 Å². The molecule has 4 heteroatoms. The highest BCUT2D eigenvalue weighted by Gasteiger charge is 2.19. The highest BCUT2D eigenvalue weighted by atomic mass is 16.1. The van der Waals surface area contributed by atoms with Gasteiger partial charge in [0.15, 0.2) is 0 Å². The van der Waals surface area contributed by atoms with E-state index in [1.165, 1.54) is 0 Å². The quantitative estimate of drug-likeness (QED) is 0.441. The number of hydrogen-bond donors (Lipinski definition) is 2. The van der Waals surface area contributed by atoms with E-state index < -0.39 is 0 Å². The Hall–Kier alpha value is -0.900. The van der Waals surface area contributed by atoms with Crippen molar-refractivity contribution in [2.75, 3.05) is 7.05 Å². The van der Waals surface area contributed by atoms with Crippen LogP contribution < -0.4 is 11.1 Å². The molecule has 1 amide bonds. The Bertz CT molecular complexity index is 183. The molecule has 0 aliphatic rings. The van der Waals surface area contributed by atoms with Crippen molar-refractivity contribution < 1.29 is 9.59 Å². The number of nitrogens with two attached hydrogens (primary N) is 1. The molecule has 0 bridgehead atoms. The summed E-state index contributed by atoms with van der Waals surface area (Å²) in [6.45, 7) is 1.99. The lowest BCUT2D eigenvalue weighted by atomic mass is 9.95. The third-order valence-electron chi connectivity index (χ3n) is 2.42. The first-order valence-electron chi connectivity index (χ1n) is 5.03. The van der Waals surface area contributed by atoms with Crippen LogP contribution in [0.25, 0.3) is 0 Å². The van der Waals surface area contributed by atoms with Crippen molar-refractivity contribution in [3.63, 3.8) is 0 Å². The Morgan fingerprint density at radius 3 is 2.57 bits per heavy atom. The SMILES string of the molecule is CN[C@H](C(N)=O)C(C)CCCCC=O. The molecule has 0 aliphatic heterocycles. The topological polar surface area (TPSA) is 72.2 Å². The van der Waals surface area contributed by atoms with Crippen molar-refractivity contribution in [3.05, 3.63) is 0 Å². The van der Waals surface area contributed by atoms with Crippen molar-refractivity contribution >= 4 is 12.2 Å². The van der Waals surface area contributed by atoms with E-state index in [1.54, 1.807) is 7.05 Å². The van der Waals surface area contributed by atoms with E-state index in [-0.39, 0.29) is 17.9 Å². The molecule has 0 aromatic rings. The normalized spacial score (nSPS) is 14.7. The van der Waals surface area contributed by atoms with E-state index in [9.17, 15) is 9.59 Å². The summed E-state index contributed by atoms with van der Waals surface area (Å²) < 4.78 is 0. The Morgan fingerprint density at radius 1 is 1.50 bits per heavy atom. The Labute approximate surface area is 85.2 Å². The second kappa shape index (κ2) is 7.50. The third kappa shape index (κ3) is 4.97. The van der Waals surface area contributed by atoms with Gasteiger partial charge in [-0.15, -0.1) is 0 Å². The lowest BCUT2D eigenvalue weighted by Gasteiger charge is -2.19. The molecule has 14 heavy (non-hydrogen) atoms. The largest absolute Gasteiger partial charge is 0.368 e. The number of carbonyl (C=O) groups excluding carboxylic acids is 2. The van der Waals surface area contributed by atoms with Gasteiger partial charge in [0.25, 0.3) is 0 Å². The van der Waals surface area contributed by atoms with E-state index in [4.69, 9.17) is 5.73 Å². The van der Waals surface area contributed by atoms with E-state index >= 15 is 0 Å². The molecular weight excluding hydrogens is 180 g/mol. The molecule has 1 unspecified atom stereocenters. The molecule has 0 heterocycles. The zero-order chi connectivity index (χ0) is 11.0. The monoisotopic (exact) mass is 200 g/mol. The minimum Gasteiger partial charge on any atom is -0.368 e. The minimum absolute atomic E-state index is 0.226. The summed E-state index contributed by atoms with van der Waals surface area (Å²) in [7, 11) is 1.73. The first-order valence-corrected chi connectivity index (χ1v) is 5.03. The van der Waals surface area contributed by atoms with Gasteiger partial charge in [0.2, 0.25) is 5.91 Å². The van der Waals surface area contributed by atoms with Crippen LogP contribution in [0.4, 0.5) is 0 Å². The average molecular weight is 200 g/mol. The van der Waals surface area contributed by atoms with Gasteiger partial charge in [0.1, 0.15) is 6.29 Å². The smallest absolute Gasteiger partial charge is 0.234 e. The fourth-order valence-electron chi connectivity index (χ4n) is 1.57. The van der Waals surface area contributed by atoms with Gasteiger partial charge in [-0.2, -0.15) is 0 Å². The Balaban J connectivity index is 3.74. The third-order valence-corrected chi connectivity index (χ3v) is 2.42. The Kier molecular flexibility index (Phi) is 7.02. The maximum Gasteiger partial charge on any atom is 0.234 e. The molecule has 4 nitrogen and oxygen atoms in total. The number of likely N-dealkylation sites (N-methyl/N-ethyl adjacent to an activating group) is 1. The number of primary amides is 1. The summed E-state index contributed by atoms with van der Waals surface area (Å²) in [6.07, 6.45) is 4.30. The van der Waals surface area contributed by atoms with Crippen molar-refractivity contribution in [2.45, 2.75) is 38.6 Å². The first-order chi connectivity index (χ1) is 6.63. The second-order valence-electron chi connectivity index (χ2n) is 3.60. The van der Waals surface area contributed by atoms with Gasteiger partial charge < -0.3 is 15.8 Å². The van der Waals surface area contributed by atoms with E-state index in [2.05, 4.69) is 5.32 Å². The summed E-state index contributed by atoms with van der Waals surface area (Å²) in [5.74, 6) is -0.0838. The maximum absolute atomic E-state index is 11.0. The van der Waals surface area contributed by atoms with Gasteiger partial charge in [0.05, 0.1) is 6.04 Å². The molecule has 0 radical (unpaired) electrons. The number of unbranched alkanes of at least 4 members (excludes halogenated alkanes) is 2. The predicted molar refractivity (Wildman–Crippen MR) is 55.7 cm³/mol. The molecule has 0 fully saturated rings. The second-order valence-corrected chi connectivity index (χ2v) is 3.60. The molecule has 82 valence electrons. The van der Waals surface area contributed by atoms with E-state index in [0.29, 0.717) is 6.42 Å². The van der Waals surface area contributed by atoms with Crippen molar-refractivity contribution in [1.29, 1.82) is 0 Å². The van der Waals surface area contributed by atoms with Crippen LogP contribution in [0.1, 0.15) is 32.6 Å². The number of rotatable bonds is 8. The van der Waals surface area contributed by atoms with Gasteiger partial charge in [-0.05, 0) is 25.8 Å². The molecule has 0 aromatic heterocycles. The first kappa shape index (κ1) is 13.1. The molecule has 0 spiro atoms. The molecule has 0 saturated heterocycles. The number of hydrogen-bond acceptors (Lipinski definition) is 3. The van der Waals surface area contributed by atoms with Crippen molar-refractivity contribution in [1.82, 2.24) is 5.32 Å². The molecule has 2 atom stereocenters. The zero-order valence-electron chi connectivity index (χ0n) is 8.95. The standard InChI is InChI=1S/C10H20N2O2/c1-8(6-4-3-5-7-13)9(12-2)10(11)14/h7-9,12H,3-6H2,1-2H3,(H2,11,14)/t8?,9-/m0/s1. The Morgan fingerprint density at radius 2 is 2.14 bits per heavy atom. The van der Waals surface area contributed by atoms with E-state index in [1.807, 2.05) is 6.92 Å². The van der Waals surface area contributed by atoms with Gasteiger partial charge >= 0.3 is 0 Å². The highest BCUT2D eigenvalue weighted by Crippen LogP contribution is 2.12. The van der Waals surface area contributed by atoms with Crippen LogP contribution in [-0.2, 0) is 9.59 Å². The minimum atomic E-state index is -0.310. The lowest BCUT2D eigenvalue weighted by Crippen LogP contribution is -2.43. The number of aldehydes is 1. The fraction of sp³-hybridized carbons (Fsp3) is 0.800.